The number of rotatable bonds is 3. The van der Waals surface area contributed by atoms with E-state index >= 15 is 0 Å². The molecule has 2 unspecified atom stereocenters. The molecule has 2 nitrogen and oxygen atoms in total. The molecule has 2 fully saturated rings. The lowest BCUT2D eigenvalue weighted by Crippen LogP contribution is -2.41. The Morgan fingerprint density at radius 2 is 1.94 bits per heavy atom. The minimum atomic E-state index is 0.362. The van der Waals surface area contributed by atoms with Gasteiger partial charge >= 0.3 is 0 Å². The molecule has 1 aliphatic heterocycles. The molecule has 0 aromatic carbocycles. The molecule has 1 heterocycles. The number of hydrogen-bond donors (Lipinski definition) is 0. The second-order valence-corrected chi connectivity index (χ2v) is 7.37. The fraction of sp³-hybridized carbons (Fsp3) is 0.938. The average molecular weight is 251 g/mol. The standard InChI is InChI=1S/C16H29NO/c1-16(2,3)10-12-17-11-6-8-14(17)13-7-4-5-9-15(13)18/h13-14H,4-12H2,1-3H3. The number of carbonyl (C=O) groups excluding carboxylic acids is 1. The molecule has 2 aliphatic rings. The van der Waals surface area contributed by atoms with E-state index in [9.17, 15) is 4.79 Å². The zero-order chi connectivity index (χ0) is 13.2. The first-order valence-corrected chi connectivity index (χ1v) is 7.74. The van der Waals surface area contributed by atoms with E-state index in [2.05, 4.69) is 25.7 Å². The Balaban J connectivity index is 1.92. The molecule has 0 N–H and O–H groups in total. The maximum atomic E-state index is 12.1. The van der Waals surface area contributed by atoms with Gasteiger partial charge in [0, 0.05) is 18.4 Å². The predicted octanol–water partition coefficient (Wildman–Crippen LogP) is 3.65. The lowest BCUT2D eigenvalue weighted by Gasteiger charge is -2.34. The molecule has 0 radical (unpaired) electrons. The van der Waals surface area contributed by atoms with E-state index in [0.717, 1.165) is 19.3 Å². The summed E-state index contributed by atoms with van der Waals surface area (Å²) in [5.41, 5.74) is 0.406. The van der Waals surface area contributed by atoms with E-state index in [0.29, 0.717) is 23.2 Å². The Bertz CT molecular complexity index is 292. The number of carbonyl (C=O) groups is 1. The quantitative estimate of drug-likeness (QED) is 0.763. The third kappa shape index (κ3) is 3.57. The largest absolute Gasteiger partial charge is 0.300 e. The van der Waals surface area contributed by atoms with Gasteiger partial charge in [0.1, 0.15) is 5.78 Å². The lowest BCUT2D eigenvalue weighted by atomic mass is 9.81. The number of likely N-dealkylation sites (tertiary alicyclic amines) is 1. The molecule has 2 atom stereocenters. The van der Waals surface area contributed by atoms with E-state index in [4.69, 9.17) is 0 Å². The van der Waals surface area contributed by atoms with Crippen LogP contribution in [0.25, 0.3) is 0 Å². The van der Waals surface area contributed by atoms with Gasteiger partial charge in [0.2, 0.25) is 0 Å². The molecule has 2 heteroatoms. The third-order valence-corrected chi connectivity index (χ3v) is 4.63. The minimum Gasteiger partial charge on any atom is -0.300 e. The van der Waals surface area contributed by atoms with Crippen molar-refractivity contribution in [2.45, 2.75) is 71.8 Å². The predicted molar refractivity (Wildman–Crippen MR) is 75.6 cm³/mol. The van der Waals surface area contributed by atoms with Crippen LogP contribution < -0.4 is 0 Å². The molecule has 0 aromatic rings. The van der Waals surface area contributed by atoms with Crippen LogP contribution in [0.2, 0.25) is 0 Å². The molecule has 104 valence electrons. The van der Waals surface area contributed by atoms with Crippen LogP contribution in [0.5, 0.6) is 0 Å². The fourth-order valence-corrected chi connectivity index (χ4v) is 3.48. The fourth-order valence-electron chi connectivity index (χ4n) is 3.48. The Morgan fingerprint density at radius 1 is 1.17 bits per heavy atom. The zero-order valence-corrected chi connectivity index (χ0v) is 12.4. The summed E-state index contributed by atoms with van der Waals surface area (Å²) in [5, 5.41) is 0. The minimum absolute atomic E-state index is 0.362. The topological polar surface area (TPSA) is 20.3 Å². The molecular formula is C16H29NO. The van der Waals surface area contributed by atoms with Crippen LogP contribution in [0, 0.1) is 11.3 Å². The Labute approximate surface area is 112 Å². The summed E-state index contributed by atoms with van der Waals surface area (Å²) in [6.45, 7) is 9.32. The highest BCUT2D eigenvalue weighted by Gasteiger charge is 2.36. The van der Waals surface area contributed by atoms with Gasteiger partial charge in [-0.2, -0.15) is 0 Å². The summed E-state index contributed by atoms with van der Waals surface area (Å²) >= 11 is 0. The molecule has 1 aliphatic carbocycles. The van der Waals surface area contributed by atoms with Crippen LogP contribution in [-0.4, -0.2) is 29.8 Å². The van der Waals surface area contributed by atoms with Gasteiger partial charge in [-0.3, -0.25) is 9.69 Å². The molecule has 0 spiro atoms. The Kier molecular flexibility index (Phi) is 4.47. The van der Waals surface area contributed by atoms with Crippen molar-refractivity contribution < 1.29 is 4.79 Å². The van der Waals surface area contributed by atoms with Crippen molar-refractivity contribution in [2.24, 2.45) is 11.3 Å². The summed E-state index contributed by atoms with van der Waals surface area (Å²) < 4.78 is 0. The summed E-state index contributed by atoms with van der Waals surface area (Å²) in [6, 6.07) is 0.570. The highest BCUT2D eigenvalue weighted by atomic mass is 16.1. The van der Waals surface area contributed by atoms with Crippen LogP contribution in [-0.2, 0) is 4.79 Å². The lowest BCUT2D eigenvalue weighted by molar-refractivity contribution is -0.126. The van der Waals surface area contributed by atoms with Gasteiger partial charge in [-0.05, 0) is 50.6 Å². The monoisotopic (exact) mass is 251 g/mol. The van der Waals surface area contributed by atoms with Crippen LogP contribution in [0.15, 0.2) is 0 Å². The molecule has 1 saturated carbocycles. The molecule has 0 bridgehead atoms. The van der Waals surface area contributed by atoms with Crippen molar-refractivity contribution >= 4 is 5.78 Å². The van der Waals surface area contributed by atoms with Gasteiger partial charge in [0.05, 0.1) is 0 Å². The van der Waals surface area contributed by atoms with Crippen LogP contribution in [0.3, 0.4) is 0 Å². The maximum absolute atomic E-state index is 12.1. The van der Waals surface area contributed by atoms with Crippen molar-refractivity contribution in [3.63, 3.8) is 0 Å². The zero-order valence-electron chi connectivity index (χ0n) is 12.4. The van der Waals surface area contributed by atoms with Crippen molar-refractivity contribution in [2.75, 3.05) is 13.1 Å². The first-order chi connectivity index (χ1) is 8.47. The van der Waals surface area contributed by atoms with E-state index < -0.39 is 0 Å². The normalized spacial score (nSPS) is 30.9. The van der Waals surface area contributed by atoms with E-state index in [1.807, 2.05) is 0 Å². The van der Waals surface area contributed by atoms with Crippen LogP contribution in [0.4, 0.5) is 0 Å². The van der Waals surface area contributed by atoms with Crippen molar-refractivity contribution in [3.8, 4) is 0 Å². The molecule has 18 heavy (non-hydrogen) atoms. The Hall–Kier alpha value is -0.370. The van der Waals surface area contributed by atoms with Crippen LogP contribution >= 0.6 is 0 Å². The van der Waals surface area contributed by atoms with Crippen molar-refractivity contribution in [1.82, 2.24) is 4.90 Å². The number of ketones is 1. The van der Waals surface area contributed by atoms with E-state index in [-0.39, 0.29) is 0 Å². The SMILES string of the molecule is CC(C)(C)CCN1CCCC1C1CCCCC1=O. The van der Waals surface area contributed by atoms with E-state index in [1.165, 1.54) is 38.8 Å². The van der Waals surface area contributed by atoms with E-state index in [1.54, 1.807) is 0 Å². The summed E-state index contributed by atoms with van der Waals surface area (Å²) in [4.78, 5) is 14.7. The summed E-state index contributed by atoms with van der Waals surface area (Å²) in [7, 11) is 0. The van der Waals surface area contributed by atoms with Gasteiger partial charge in [-0.1, -0.05) is 27.2 Å². The first-order valence-electron chi connectivity index (χ1n) is 7.74. The van der Waals surface area contributed by atoms with Crippen molar-refractivity contribution in [3.05, 3.63) is 0 Å². The maximum Gasteiger partial charge on any atom is 0.137 e. The third-order valence-electron chi connectivity index (χ3n) is 4.63. The highest BCUT2D eigenvalue weighted by molar-refractivity contribution is 5.82. The van der Waals surface area contributed by atoms with Gasteiger partial charge in [-0.15, -0.1) is 0 Å². The molecular weight excluding hydrogens is 222 g/mol. The average Bonchev–Trinajstić information content (AvgIpc) is 2.74. The first kappa shape index (κ1) is 14.0. The summed E-state index contributed by atoms with van der Waals surface area (Å²) in [5.74, 6) is 0.912. The molecule has 0 aromatic heterocycles. The van der Waals surface area contributed by atoms with Crippen LogP contribution in [0.1, 0.15) is 65.7 Å². The smallest absolute Gasteiger partial charge is 0.137 e. The van der Waals surface area contributed by atoms with Gasteiger partial charge in [0.15, 0.2) is 0 Å². The second kappa shape index (κ2) is 5.73. The highest BCUT2D eigenvalue weighted by Crippen LogP contribution is 2.33. The van der Waals surface area contributed by atoms with Crippen molar-refractivity contribution in [1.29, 1.82) is 0 Å². The second-order valence-electron chi connectivity index (χ2n) is 7.37. The summed E-state index contributed by atoms with van der Waals surface area (Å²) in [6.07, 6.45) is 8.16. The van der Waals surface area contributed by atoms with Gasteiger partial charge in [-0.25, -0.2) is 0 Å². The van der Waals surface area contributed by atoms with Gasteiger partial charge in [0.25, 0.3) is 0 Å². The molecule has 1 saturated heterocycles. The Morgan fingerprint density at radius 3 is 2.61 bits per heavy atom. The number of hydrogen-bond acceptors (Lipinski definition) is 2. The number of Topliss-reactive ketones (excluding diaryl/α,β-unsaturated/α-hetero) is 1. The molecule has 2 rings (SSSR count). The molecule has 0 amide bonds. The number of nitrogens with zero attached hydrogens (tertiary/aromatic N) is 1. The van der Waals surface area contributed by atoms with Gasteiger partial charge < -0.3 is 0 Å².